The van der Waals surface area contributed by atoms with E-state index in [4.69, 9.17) is 0 Å². The molecule has 0 bridgehead atoms. The first kappa shape index (κ1) is 15.8. The molecule has 2 rings (SSSR count). The molecule has 1 heterocycles. The Kier molecular flexibility index (Phi) is 5.85. The zero-order valence-electron chi connectivity index (χ0n) is 11.9. The van der Waals surface area contributed by atoms with Crippen LogP contribution in [0.2, 0.25) is 0 Å². The predicted octanol–water partition coefficient (Wildman–Crippen LogP) is 4.77. The van der Waals surface area contributed by atoms with Gasteiger partial charge in [-0.1, -0.05) is 44.0 Å². The molecule has 108 valence electrons. The first-order chi connectivity index (χ1) is 9.62. The summed E-state index contributed by atoms with van der Waals surface area (Å²) >= 11 is 7.14. The van der Waals surface area contributed by atoms with Crippen molar-refractivity contribution in [2.24, 2.45) is 5.92 Å². The van der Waals surface area contributed by atoms with Gasteiger partial charge >= 0.3 is 0 Å². The molecular formula is C16H20Br2N2. The number of benzene rings is 1. The largest absolute Gasteiger partial charge is 0.270 e. The third-order valence-electron chi connectivity index (χ3n) is 3.44. The quantitative estimate of drug-likeness (QED) is 0.639. The van der Waals surface area contributed by atoms with Gasteiger partial charge in [-0.25, -0.2) is 0 Å². The van der Waals surface area contributed by atoms with Gasteiger partial charge in [-0.2, -0.15) is 5.10 Å². The zero-order chi connectivity index (χ0) is 14.5. The summed E-state index contributed by atoms with van der Waals surface area (Å²) in [6, 6.07) is 10.8. The van der Waals surface area contributed by atoms with Crippen molar-refractivity contribution in [3.05, 3.63) is 51.8 Å². The Morgan fingerprint density at radius 3 is 2.50 bits per heavy atom. The average molecular weight is 400 g/mol. The summed E-state index contributed by atoms with van der Waals surface area (Å²) < 4.78 is 3.25. The van der Waals surface area contributed by atoms with Crippen molar-refractivity contribution in [3.63, 3.8) is 0 Å². The third-order valence-corrected chi connectivity index (χ3v) is 4.88. The topological polar surface area (TPSA) is 17.8 Å². The minimum atomic E-state index is 0.595. The summed E-state index contributed by atoms with van der Waals surface area (Å²) in [6.07, 6.45) is 2.16. The Morgan fingerprint density at radius 2 is 1.90 bits per heavy atom. The van der Waals surface area contributed by atoms with Gasteiger partial charge in [0.2, 0.25) is 0 Å². The molecule has 0 aliphatic rings. The molecule has 0 aliphatic carbocycles. The van der Waals surface area contributed by atoms with E-state index in [0.29, 0.717) is 5.92 Å². The highest BCUT2D eigenvalue weighted by Gasteiger charge is 2.13. The number of hydrogen-bond acceptors (Lipinski definition) is 1. The van der Waals surface area contributed by atoms with Crippen molar-refractivity contribution >= 4 is 31.9 Å². The summed E-state index contributed by atoms with van der Waals surface area (Å²) in [6.45, 7) is 5.15. The summed E-state index contributed by atoms with van der Waals surface area (Å²) in [4.78, 5) is 0. The molecule has 1 aromatic carbocycles. The fourth-order valence-electron chi connectivity index (χ4n) is 2.47. The lowest BCUT2D eigenvalue weighted by Gasteiger charge is -2.15. The van der Waals surface area contributed by atoms with Gasteiger partial charge in [-0.15, -0.1) is 0 Å². The van der Waals surface area contributed by atoms with Crippen molar-refractivity contribution in [2.75, 3.05) is 5.33 Å². The van der Waals surface area contributed by atoms with Gasteiger partial charge in [0, 0.05) is 22.0 Å². The fourth-order valence-corrected chi connectivity index (χ4v) is 3.19. The molecule has 2 aromatic rings. The third kappa shape index (κ3) is 4.19. The highest BCUT2D eigenvalue weighted by atomic mass is 79.9. The van der Waals surface area contributed by atoms with Crippen LogP contribution < -0.4 is 0 Å². The van der Waals surface area contributed by atoms with Crippen LogP contribution in [0.5, 0.6) is 0 Å². The molecule has 0 spiro atoms. The Balaban J connectivity index is 2.06. The molecule has 0 radical (unpaired) electrons. The first-order valence-electron chi connectivity index (χ1n) is 6.96. The normalized spacial score (nSPS) is 12.6. The Labute approximate surface area is 137 Å². The maximum atomic E-state index is 4.53. The van der Waals surface area contributed by atoms with Gasteiger partial charge in [-0.3, -0.25) is 4.68 Å². The van der Waals surface area contributed by atoms with Gasteiger partial charge in [0.05, 0.1) is 5.69 Å². The SMILES string of the molecule is CCn1nc(C)cc1CC(CBr)Cc1ccc(Br)cc1. The highest BCUT2D eigenvalue weighted by molar-refractivity contribution is 9.10. The van der Waals surface area contributed by atoms with Gasteiger partial charge in [0.25, 0.3) is 0 Å². The molecule has 0 saturated heterocycles. The van der Waals surface area contributed by atoms with Crippen LogP contribution >= 0.6 is 31.9 Å². The number of halogens is 2. The standard InChI is InChI=1S/C16H20Br2N2/c1-3-20-16(8-12(2)19-20)10-14(11-17)9-13-4-6-15(18)7-5-13/h4-8,14H,3,9-11H2,1-2H3. The number of alkyl halides is 1. The number of aryl methyl sites for hydroxylation is 2. The van der Waals surface area contributed by atoms with Crippen LogP contribution in [-0.2, 0) is 19.4 Å². The van der Waals surface area contributed by atoms with E-state index in [1.807, 2.05) is 0 Å². The number of hydrogen-bond donors (Lipinski definition) is 0. The van der Waals surface area contributed by atoms with Gasteiger partial charge < -0.3 is 0 Å². The van der Waals surface area contributed by atoms with E-state index < -0.39 is 0 Å². The van der Waals surface area contributed by atoms with Crippen LogP contribution in [0.1, 0.15) is 23.9 Å². The lowest BCUT2D eigenvalue weighted by atomic mass is 9.96. The maximum absolute atomic E-state index is 4.53. The second kappa shape index (κ2) is 7.41. The fraction of sp³-hybridized carbons (Fsp3) is 0.438. The molecule has 0 saturated carbocycles. The zero-order valence-corrected chi connectivity index (χ0v) is 15.1. The van der Waals surface area contributed by atoms with E-state index in [0.717, 1.165) is 34.9 Å². The Bertz CT molecular complexity index is 546. The first-order valence-corrected chi connectivity index (χ1v) is 8.87. The minimum absolute atomic E-state index is 0.595. The van der Waals surface area contributed by atoms with E-state index in [1.54, 1.807) is 0 Å². The van der Waals surface area contributed by atoms with Crippen molar-refractivity contribution in [1.29, 1.82) is 0 Å². The average Bonchev–Trinajstić information content (AvgIpc) is 2.80. The maximum Gasteiger partial charge on any atom is 0.0596 e. The second-order valence-corrected chi connectivity index (χ2v) is 6.71. The van der Waals surface area contributed by atoms with Gasteiger partial charge in [0.15, 0.2) is 0 Å². The number of rotatable bonds is 6. The van der Waals surface area contributed by atoms with Crippen LogP contribution in [-0.4, -0.2) is 15.1 Å². The molecule has 1 aromatic heterocycles. The summed E-state index contributed by atoms with van der Waals surface area (Å²) in [7, 11) is 0. The molecule has 0 aliphatic heterocycles. The smallest absolute Gasteiger partial charge is 0.0596 e. The number of nitrogens with zero attached hydrogens (tertiary/aromatic N) is 2. The predicted molar refractivity (Wildman–Crippen MR) is 91.5 cm³/mol. The van der Waals surface area contributed by atoms with E-state index in [9.17, 15) is 0 Å². The van der Waals surface area contributed by atoms with Crippen LogP contribution in [0.4, 0.5) is 0 Å². The Hall–Kier alpha value is -0.610. The summed E-state index contributed by atoms with van der Waals surface area (Å²) in [5.74, 6) is 0.595. The molecule has 0 amide bonds. The van der Waals surface area contributed by atoms with Gasteiger partial charge in [-0.05, 0) is 56.4 Å². The van der Waals surface area contributed by atoms with Crippen molar-refractivity contribution < 1.29 is 0 Å². The molecule has 2 nitrogen and oxygen atoms in total. The van der Waals surface area contributed by atoms with Crippen LogP contribution in [0.15, 0.2) is 34.8 Å². The number of aromatic nitrogens is 2. The monoisotopic (exact) mass is 398 g/mol. The molecule has 0 fully saturated rings. The molecule has 1 atom stereocenters. The van der Waals surface area contributed by atoms with E-state index in [2.05, 4.69) is 85.8 Å². The Morgan fingerprint density at radius 1 is 1.20 bits per heavy atom. The lowest BCUT2D eigenvalue weighted by Crippen LogP contribution is -2.13. The van der Waals surface area contributed by atoms with Gasteiger partial charge in [0.1, 0.15) is 0 Å². The second-order valence-electron chi connectivity index (χ2n) is 5.15. The van der Waals surface area contributed by atoms with E-state index in [1.165, 1.54) is 11.3 Å². The van der Waals surface area contributed by atoms with Crippen molar-refractivity contribution in [1.82, 2.24) is 9.78 Å². The molecule has 0 N–H and O–H groups in total. The van der Waals surface area contributed by atoms with Crippen LogP contribution in [0, 0.1) is 12.8 Å². The molecule has 4 heteroatoms. The molecule has 1 unspecified atom stereocenters. The van der Waals surface area contributed by atoms with Crippen LogP contribution in [0.25, 0.3) is 0 Å². The molecular weight excluding hydrogens is 380 g/mol. The van der Waals surface area contributed by atoms with Crippen molar-refractivity contribution in [3.8, 4) is 0 Å². The minimum Gasteiger partial charge on any atom is -0.270 e. The van der Waals surface area contributed by atoms with E-state index in [-0.39, 0.29) is 0 Å². The van der Waals surface area contributed by atoms with Crippen molar-refractivity contribution in [2.45, 2.75) is 33.2 Å². The van der Waals surface area contributed by atoms with E-state index >= 15 is 0 Å². The summed E-state index contributed by atoms with van der Waals surface area (Å²) in [5.41, 5.74) is 3.84. The highest BCUT2D eigenvalue weighted by Crippen LogP contribution is 2.19. The molecule has 20 heavy (non-hydrogen) atoms. The lowest BCUT2D eigenvalue weighted by molar-refractivity contribution is 0.536. The van der Waals surface area contributed by atoms with Crippen LogP contribution in [0.3, 0.4) is 0 Å². The summed E-state index contributed by atoms with van der Waals surface area (Å²) in [5, 5.41) is 5.54.